The van der Waals surface area contributed by atoms with Crippen molar-refractivity contribution in [2.45, 2.75) is 40.0 Å². The molecular weight excluding hydrogens is 415 g/mol. The molecule has 0 spiro atoms. The fraction of sp³-hybridized carbons (Fsp3) is 0.214. The van der Waals surface area contributed by atoms with Crippen LogP contribution < -0.4 is 10.2 Å². The third kappa shape index (κ3) is 4.31. The van der Waals surface area contributed by atoms with E-state index in [2.05, 4.69) is 26.1 Å². The minimum absolute atomic E-state index is 0.00426. The lowest BCUT2D eigenvalue weighted by Crippen LogP contribution is -2.33. The molecule has 4 nitrogen and oxygen atoms in total. The maximum absolute atomic E-state index is 13.6. The molecule has 3 aromatic carbocycles. The number of amides is 2. The van der Waals surface area contributed by atoms with Gasteiger partial charge >= 0.3 is 0 Å². The Bertz CT molecular complexity index is 1270. The second-order valence-electron chi connectivity index (χ2n) is 9.44. The van der Waals surface area contributed by atoms with Gasteiger partial charge in [0.05, 0.1) is 11.3 Å². The van der Waals surface area contributed by atoms with Crippen LogP contribution in [0.5, 0.6) is 0 Å². The highest BCUT2D eigenvalue weighted by molar-refractivity contribution is 6.46. The molecule has 0 unspecified atom stereocenters. The van der Waals surface area contributed by atoms with Crippen LogP contribution in [0.1, 0.15) is 43.0 Å². The molecule has 2 amide bonds. The summed E-state index contributed by atoms with van der Waals surface area (Å²) in [5.41, 5.74) is 5.04. The van der Waals surface area contributed by atoms with Crippen molar-refractivity contribution in [1.29, 1.82) is 0 Å². The molecule has 0 saturated carbocycles. The lowest BCUT2D eigenvalue weighted by Gasteiger charge is -2.20. The van der Waals surface area contributed by atoms with Gasteiger partial charge in [0.25, 0.3) is 11.8 Å². The Hall–Kier alpha value is -3.73. The Kier molecular flexibility index (Phi) is 5.66. The number of anilines is 2. The van der Waals surface area contributed by atoms with Crippen LogP contribution >= 0.6 is 0 Å². The number of carbonyl (C=O) groups excluding carboxylic acids is 2. The second-order valence-corrected chi connectivity index (χ2v) is 9.44. The van der Waals surface area contributed by atoms with Crippen molar-refractivity contribution < 1.29 is 14.0 Å². The molecule has 4 rings (SSSR count). The Morgan fingerprint density at radius 1 is 0.818 bits per heavy atom. The minimum atomic E-state index is -0.437. The third-order valence-electron chi connectivity index (χ3n) is 5.84. The first kappa shape index (κ1) is 22.5. The van der Waals surface area contributed by atoms with Crippen molar-refractivity contribution >= 4 is 28.8 Å². The van der Waals surface area contributed by atoms with E-state index < -0.39 is 17.6 Å². The van der Waals surface area contributed by atoms with Crippen LogP contribution in [0.2, 0.25) is 0 Å². The number of imide groups is 1. The van der Waals surface area contributed by atoms with E-state index in [1.165, 1.54) is 29.2 Å². The van der Waals surface area contributed by atoms with Crippen LogP contribution in [-0.2, 0) is 15.0 Å². The fourth-order valence-corrected chi connectivity index (χ4v) is 3.91. The molecule has 0 atom stereocenters. The molecule has 0 radical (unpaired) electrons. The number of nitrogens with one attached hydrogen (secondary N) is 1. The summed E-state index contributed by atoms with van der Waals surface area (Å²) in [6.07, 6.45) is 0. The molecule has 168 valence electrons. The van der Waals surface area contributed by atoms with Gasteiger partial charge in [-0.3, -0.25) is 9.59 Å². The monoisotopic (exact) mass is 442 g/mol. The Morgan fingerprint density at radius 3 is 2.06 bits per heavy atom. The molecule has 0 saturated heterocycles. The van der Waals surface area contributed by atoms with E-state index in [0.29, 0.717) is 16.9 Å². The van der Waals surface area contributed by atoms with Crippen molar-refractivity contribution in [1.82, 2.24) is 0 Å². The van der Waals surface area contributed by atoms with E-state index in [4.69, 9.17) is 0 Å². The zero-order valence-electron chi connectivity index (χ0n) is 19.5. The van der Waals surface area contributed by atoms with E-state index in [0.717, 1.165) is 16.7 Å². The summed E-state index contributed by atoms with van der Waals surface area (Å²) in [5, 5.41) is 3.17. The highest BCUT2D eigenvalue weighted by atomic mass is 19.1. The van der Waals surface area contributed by atoms with E-state index >= 15 is 0 Å². The maximum Gasteiger partial charge on any atom is 0.282 e. The largest absolute Gasteiger partial charge is 0.350 e. The third-order valence-corrected chi connectivity index (χ3v) is 5.84. The summed E-state index contributed by atoms with van der Waals surface area (Å²) in [6, 6.07) is 19.1. The number of benzene rings is 3. The quantitative estimate of drug-likeness (QED) is 0.494. The summed E-state index contributed by atoms with van der Waals surface area (Å²) in [6.45, 7) is 10.2. The Balaban J connectivity index is 1.80. The highest BCUT2D eigenvalue weighted by Crippen LogP contribution is 2.36. The van der Waals surface area contributed by atoms with Gasteiger partial charge in [-0.2, -0.15) is 0 Å². The molecule has 3 aromatic rings. The van der Waals surface area contributed by atoms with Crippen LogP contribution in [0.25, 0.3) is 5.57 Å². The molecular formula is C28H27FN2O2. The van der Waals surface area contributed by atoms with Gasteiger partial charge in [-0.25, -0.2) is 9.29 Å². The Morgan fingerprint density at radius 2 is 1.45 bits per heavy atom. The van der Waals surface area contributed by atoms with Crippen LogP contribution in [0.4, 0.5) is 15.8 Å². The average molecular weight is 443 g/mol. The van der Waals surface area contributed by atoms with Crippen molar-refractivity contribution in [3.05, 3.63) is 100 Å². The van der Waals surface area contributed by atoms with Crippen molar-refractivity contribution in [3.63, 3.8) is 0 Å². The second kappa shape index (κ2) is 8.32. The standard InChI is InChI=1S/C28H27FN2O2/c1-17-6-7-18(2)23(16-17)31-26(32)24(19-8-12-21(29)13-9-19)25(27(31)33)30-22-14-10-20(11-15-22)28(3,4)5/h6-16,30H,1-5H3. The molecule has 1 aliphatic rings. The van der Waals surface area contributed by atoms with Crippen molar-refractivity contribution in [2.24, 2.45) is 0 Å². The van der Waals surface area contributed by atoms with Gasteiger partial charge < -0.3 is 5.32 Å². The normalized spacial score (nSPS) is 14.3. The number of nitrogens with zero attached hydrogens (tertiary/aromatic N) is 1. The fourth-order valence-electron chi connectivity index (χ4n) is 3.91. The molecule has 1 aliphatic heterocycles. The molecule has 1 heterocycles. The number of hydrogen-bond acceptors (Lipinski definition) is 3. The van der Waals surface area contributed by atoms with E-state index in [-0.39, 0.29) is 16.7 Å². The predicted octanol–water partition coefficient (Wildman–Crippen LogP) is 6.14. The maximum atomic E-state index is 13.6. The molecule has 0 aromatic heterocycles. The zero-order chi connectivity index (χ0) is 23.9. The van der Waals surface area contributed by atoms with Gasteiger partial charge in [0.1, 0.15) is 11.5 Å². The molecule has 0 aliphatic carbocycles. The lowest BCUT2D eigenvalue weighted by molar-refractivity contribution is -0.120. The van der Waals surface area contributed by atoms with Gasteiger partial charge in [-0.15, -0.1) is 0 Å². The summed E-state index contributed by atoms with van der Waals surface area (Å²) in [7, 11) is 0. The van der Waals surface area contributed by atoms with Crippen LogP contribution in [0, 0.1) is 19.7 Å². The van der Waals surface area contributed by atoms with Crippen LogP contribution in [-0.4, -0.2) is 11.8 Å². The summed E-state index contributed by atoms with van der Waals surface area (Å²) < 4.78 is 13.6. The summed E-state index contributed by atoms with van der Waals surface area (Å²) in [4.78, 5) is 28.3. The summed E-state index contributed by atoms with van der Waals surface area (Å²) >= 11 is 0. The van der Waals surface area contributed by atoms with Gasteiger partial charge in [0, 0.05) is 5.69 Å². The average Bonchev–Trinajstić information content (AvgIpc) is 3.00. The molecule has 0 fully saturated rings. The topological polar surface area (TPSA) is 49.4 Å². The summed E-state index contributed by atoms with van der Waals surface area (Å²) in [5.74, 6) is -1.28. The van der Waals surface area contributed by atoms with Gasteiger partial charge in [0.2, 0.25) is 0 Å². The smallest absolute Gasteiger partial charge is 0.282 e. The van der Waals surface area contributed by atoms with Crippen LogP contribution in [0.3, 0.4) is 0 Å². The van der Waals surface area contributed by atoms with Gasteiger partial charge in [-0.05, 0) is 71.8 Å². The number of aryl methyl sites for hydroxylation is 2. The first-order valence-corrected chi connectivity index (χ1v) is 10.9. The highest BCUT2D eigenvalue weighted by Gasteiger charge is 2.40. The SMILES string of the molecule is Cc1ccc(C)c(N2C(=O)C(Nc3ccc(C(C)(C)C)cc3)=C(c3ccc(F)cc3)C2=O)c1. The molecule has 33 heavy (non-hydrogen) atoms. The number of halogens is 1. The predicted molar refractivity (Wildman–Crippen MR) is 130 cm³/mol. The zero-order valence-corrected chi connectivity index (χ0v) is 19.5. The first-order valence-electron chi connectivity index (χ1n) is 10.9. The van der Waals surface area contributed by atoms with Gasteiger partial charge in [-0.1, -0.05) is 57.2 Å². The van der Waals surface area contributed by atoms with Crippen molar-refractivity contribution in [2.75, 3.05) is 10.2 Å². The number of rotatable bonds is 4. The van der Waals surface area contributed by atoms with Crippen molar-refractivity contribution in [3.8, 4) is 0 Å². The van der Waals surface area contributed by atoms with Gasteiger partial charge in [0.15, 0.2) is 0 Å². The Labute approximate surface area is 193 Å². The number of carbonyl (C=O) groups is 2. The van der Waals surface area contributed by atoms with Crippen LogP contribution in [0.15, 0.2) is 72.4 Å². The van der Waals surface area contributed by atoms with E-state index in [1.807, 2.05) is 56.3 Å². The first-order chi connectivity index (χ1) is 15.6. The minimum Gasteiger partial charge on any atom is -0.350 e. The lowest BCUT2D eigenvalue weighted by atomic mass is 9.87. The molecule has 1 N–H and O–H groups in total. The molecule has 0 bridgehead atoms. The number of hydrogen-bond donors (Lipinski definition) is 1. The van der Waals surface area contributed by atoms with E-state index in [1.54, 1.807) is 0 Å². The van der Waals surface area contributed by atoms with E-state index in [9.17, 15) is 14.0 Å². The molecule has 5 heteroatoms.